The third-order valence-corrected chi connectivity index (χ3v) is 3.57. The van der Waals surface area contributed by atoms with Gasteiger partial charge in [0.05, 0.1) is 18.8 Å². The molecule has 0 amide bonds. The molecule has 0 aliphatic carbocycles. The van der Waals surface area contributed by atoms with E-state index in [0.29, 0.717) is 25.2 Å². The molecule has 2 unspecified atom stereocenters. The van der Waals surface area contributed by atoms with Crippen molar-refractivity contribution in [1.82, 2.24) is 5.32 Å². The molecule has 2 bridgehead atoms. The topological polar surface area (TPSA) is 21.3 Å². The predicted octanol–water partition coefficient (Wildman–Crippen LogP) is 2.99. The maximum atomic E-state index is 13.3. The molecule has 1 aromatic carbocycles. The Morgan fingerprint density at radius 1 is 1.20 bits per heavy atom. The number of benzene rings is 1. The molecule has 1 aromatic rings. The van der Waals surface area contributed by atoms with Gasteiger partial charge in [0.25, 0.3) is 0 Å². The Bertz CT molecular complexity index is 553. The molecular formula is C14H13F4NO. The molecule has 1 saturated heterocycles. The fourth-order valence-corrected chi connectivity index (χ4v) is 2.76. The molecule has 3 rings (SSSR count). The highest BCUT2D eigenvalue weighted by molar-refractivity contribution is 5.71. The molecule has 0 aromatic heterocycles. The van der Waals surface area contributed by atoms with Crippen LogP contribution in [0.2, 0.25) is 0 Å². The van der Waals surface area contributed by atoms with Gasteiger partial charge in [0.1, 0.15) is 5.82 Å². The first kappa shape index (κ1) is 13.6. The predicted molar refractivity (Wildman–Crippen MR) is 65.5 cm³/mol. The van der Waals surface area contributed by atoms with E-state index in [2.05, 4.69) is 5.32 Å². The van der Waals surface area contributed by atoms with Crippen molar-refractivity contribution in [3.8, 4) is 0 Å². The summed E-state index contributed by atoms with van der Waals surface area (Å²) in [5.41, 5.74) is -0.309. The van der Waals surface area contributed by atoms with Crippen molar-refractivity contribution in [2.45, 2.75) is 24.7 Å². The Labute approximate surface area is 113 Å². The molecule has 2 aliphatic heterocycles. The molecule has 2 atom stereocenters. The monoisotopic (exact) mass is 287 g/mol. The Morgan fingerprint density at radius 2 is 2.00 bits per heavy atom. The van der Waals surface area contributed by atoms with Gasteiger partial charge in [-0.1, -0.05) is 6.08 Å². The summed E-state index contributed by atoms with van der Waals surface area (Å²) >= 11 is 0. The number of rotatable bonds is 1. The van der Waals surface area contributed by atoms with Crippen molar-refractivity contribution in [1.29, 1.82) is 0 Å². The average molecular weight is 287 g/mol. The first-order valence-corrected chi connectivity index (χ1v) is 6.35. The standard InChI is InChI=1S/C14H13F4NO/c15-9-1-2-13(14(16,17)18)12(5-9)8-3-10-6-20-7-11(4-8)19-10/h1-3,5,10-11,19H,4,6-7H2. The number of fused-ring (bicyclic) bond motifs is 2. The second kappa shape index (κ2) is 4.86. The fourth-order valence-electron chi connectivity index (χ4n) is 2.76. The number of morpholine rings is 1. The normalized spacial score (nSPS) is 26.3. The minimum atomic E-state index is -4.49. The summed E-state index contributed by atoms with van der Waals surface area (Å²) in [4.78, 5) is 0. The van der Waals surface area contributed by atoms with E-state index in [-0.39, 0.29) is 17.6 Å². The molecule has 0 radical (unpaired) electrons. The van der Waals surface area contributed by atoms with E-state index in [4.69, 9.17) is 4.74 Å². The third-order valence-electron chi connectivity index (χ3n) is 3.57. The zero-order chi connectivity index (χ0) is 14.3. The van der Waals surface area contributed by atoms with Gasteiger partial charge in [0.2, 0.25) is 0 Å². The molecule has 2 aliphatic rings. The number of hydrogen-bond acceptors (Lipinski definition) is 2. The highest BCUT2D eigenvalue weighted by Crippen LogP contribution is 2.38. The number of halogens is 4. The van der Waals surface area contributed by atoms with Crippen molar-refractivity contribution < 1.29 is 22.3 Å². The third kappa shape index (κ3) is 2.58. The number of alkyl halides is 3. The van der Waals surface area contributed by atoms with Crippen LogP contribution in [0.25, 0.3) is 5.57 Å². The van der Waals surface area contributed by atoms with E-state index in [1.165, 1.54) is 0 Å². The van der Waals surface area contributed by atoms with E-state index >= 15 is 0 Å². The van der Waals surface area contributed by atoms with Gasteiger partial charge in [0, 0.05) is 12.1 Å². The van der Waals surface area contributed by atoms with Crippen LogP contribution in [0.15, 0.2) is 24.3 Å². The van der Waals surface area contributed by atoms with Gasteiger partial charge in [-0.2, -0.15) is 13.2 Å². The van der Waals surface area contributed by atoms with Gasteiger partial charge >= 0.3 is 6.18 Å². The second-order valence-electron chi connectivity index (χ2n) is 5.09. The van der Waals surface area contributed by atoms with Gasteiger partial charge in [-0.3, -0.25) is 0 Å². The minimum absolute atomic E-state index is 0.0156. The van der Waals surface area contributed by atoms with Crippen LogP contribution in [0.5, 0.6) is 0 Å². The van der Waals surface area contributed by atoms with Crippen molar-refractivity contribution in [2.75, 3.05) is 13.2 Å². The zero-order valence-electron chi connectivity index (χ0n) is 10.5. The van der Waals surface area contributed by atoms with Crippen molar-refractivity contribution in [3.63, 3.8) is 0 Å². The number of ether oxygens (including phenoxy) is 1. The lowest BCUT2D eigenvalue weighted by Gasteiger charge is -2.35. The lowest BCUT2D eigenvalue weighted by molar-refractivity contribution is -0.137. The summed E-state index contributed by atoms with van der Waals surface area (Å²) in [5, 5.41) is 3.25. The van der Waals surface area contributed by atoms with E-state index in [9.17, 15) is 17.6 Å². The van der Waals surface area contributed by atoms with E-state index in [0.717, 1.165) is 18.2 Å². The first-order valence-electron chi connectivity index (χ1n) is 6.35. The molecule has 0 spiro atoms. The summed E-state index contributed by atoms with van der Waals surface area (Å²) in [6.07, 6.45) is -2.37. The molecule has 2 nitrogen and oxygen atoms in total. The lowest BCUT2D eigenvalue weighted by Crippen LogP contribution is -2.50. The highest BCUT2D eigenvalue weighted by Gasteiger charge is 2.36. The van der Waals surface area contributed by atoms with Crippen LogP contribution < -0.4 is 5.32 Å². The zero-order valence-corrected chi connectivity index (χ0v) is 10.5. The molecule has 0 saturated carbocycles. The minimum Gasteiger partial charge on any atom is -0.378 e. The smallest absolute Gasteiger partial charge is 0.378 e. The van der Waals surface area contributed by atoms with Crippen molar-refractivity contribution in [2.24, 2.45) is 0 Å². The SMILES string of the molecule is Fc1ccc(C(F)(F)F)c(C2=CC3COCC(C2)N3)c1. The molecule has 6 heteroatoms. The van der Waals surface area contributed by atoms with Gasteiger partial charge in [0.15, 0.2) is 0 Å². The number of hydrogen-bond donors (Lipinski definition) is 1. The lowest BCUT2D eigenvalue weighted by atomic mass is 9.89. The van der Waals surface area contributed by atoms with Crippen LogP contribution in [0.3, 0.4) is 0 Å². The maximum Gasteiger partial charge on any atom is 0.416 e. The highest BCUT2D eigenvalue weighted by atomic mass is 19.4. The van der Waals surface area contributed by atoms with Crippen LogP contribution >= 0.6 is 0 Å². The van der Waals surface area contributed by atoms with E-state index < -0.39 is 17.6 Å². The quantitative estimate of drug-likeness (QED) is 0.802. The molecule has 1 N–H and O–H groups in total. The first-order chi connectivity index (χ1) is 9.43. The maximum absolute atomic E-state index is 13.3. The van der Waals surface area contributed by atoms with Gasteiger partial charge in [-0.25, -0.2) is 4.39 Å². The van der Waals surface area contributed by atoms with Crippen LogP contribution in [0.4, 0.5) is 17.6 Å². The van der Waals surface area contributed by atoms with Crippen LogP contribution in [0, 0.1) is 5.82 Å². The summed E-state index contributed by atoms with van der Waals surface area (Å²) in [6, 6.07) is 2.49. The molecule has 108 valence electrons. The summed E-state index contributed by atoms with van der Waals surface area (Å²) < 4.78 is 57.8. The molecule has 1 fully saturated rings. The second-order valence-corrected chi connectivity index (χ2v) is 5.09. The van der Waals surface area contributed by atoms with Crippen molar-refractivity contribution >= 4 is 5.57 Å². The van der Waals surface area contributed by atoms with Gasteiger partial charge in [-0.05, 0) is 35.8 Å². The van der Waals surface area contributed by atoms with Crippen LogP contribution in [-0.4, -0.2) is 25.3 Å². The van der Waals surface area contributed by atoms with Crippen LogP contribution in [-0.2, 0) is 10.9 Å². The fraction of sp³-hybridized carbons (Fsp3) is 0.429. The molecule has 2 heterocycles. The summed E-state index contributed by atoms with van der Waals surface area (Å²) in [5.74, 6) is -0.658. The Balaban J connectivity index is 2.05. The largest absolute Gasteiger partial charge is 0.416 e. The Morgan fingerprint density at radius 3 is 2.70 bits per heavy atom. The van der Waals surface area contributed by atoms with Gasteiger partial charge in [-0.15, -0.1) is 0 Å². The van der Waals surface area contributed by atoms with Gasteiger partial charge < -0.3 is 10.1 Å². The summed E-state index contributed by atoms with van der Waals surface area (Å²) in [7, 11) is 0. The van der Waals surface area contributed by atoms with Crippen LogP contribution in [0.1, 0.15) is 17.5 Å². The molecular weight excluding hydrogens is 274 g/mol. The van der Waals surface area contributed by atoms with Crippen molar-refractivity contribution in [3.05, 3.63) is 41.2 Å². The Hall–Kier alpha value is -1.40. The molecule has 20 heavy (non-hydrogen) atoms. The average Bonchev–Trinajstić information content (AvgIpc) is 2.36. The van der Waals surface area contributed by atoms with E-state index in [1.807, 2.05) is 0 Å². The summed E-state index contributed by atoms with van der Waals surface area (Å²) in [6.45, 7) is 0.890. The Kier molecular flexibility index (Phi) is 3.30. The number of nitrogens with one attached hydrogen (secondary N) is 1. The van der Waals surface area contributed by atoms with E-state index in [1.54, 1.807) is 6.08 Å².